The molecule has 8 nitrogen and oxygen atoms in total. The van der Waals surface area contributed by atoms with Gasteiger partial charge in [0, 0.05) is 31.8 Å². The van der Waals surface area contributed by atoms with E-state index in [2.05, 4.69) is 15.5 Å². The maximum atomic E-state index is 12.4. The first kappa shape index (κ1) is 18.3. The number of carbonyl (C=O) groups is 1. The van der Waals surface area contributed by atoms with Crippen molar-refractivity contribution in [1.82, 2.24) is 19.8 Å². The molecule has 1 amide bonds. The maximum Gasteiger partial charge on any atom is 0.264 e. The first-order valence-corrected chi connectivity index (χ1v) is 9.62. The molecule has 0 unspecified atom stereocenters. The van der Waals surface area contributed by atoms with Gasteiger partial charge in [0.15, 0.2) is 0 Å². The molecule has 0 saturated carbocycles. The van der Waals surface area contributed by atoms with Gasteiger partial charge in [0.05, 0.1) is 10.6 Å². The third-order valence-electron chi connectivity index (χ3n) is 4.40. The Kier molecular flexibility index (Phi) is 4.92. The van der Waals surface area contributed by atoms with Crippen LogP contribution >= 0.6 is 0 Å². The van der Waals surface area contributed by atoms with Crippen molar-refractivity contribution >= 4 is 15.9 Å². The Morgan fingerprint density at radius 3 is 2.62 bits per heavy atom. The molecule has 0 radical (unpaired) electrons. The molecule has 1 heterocycles. The van der Waals surface area contributed by atoms with E-state index < -0.39 is 10.0 Å². The normalized spacial score (nSPS) is 17.0. The van der Waals surface area contributed by atoms with Crippen molar-refractivity contribution in [3.05, 3.63) is 57.5 Å². The topological polar surface area (TPSA) is 112 Å². The standard InChI is InChI=1S/C17H20N4O4S/c1-21(2)26(24,25)14-6-3-11(4-7-14)17(23)18-13-5-8-15-12(9-13)10-16(22)20-19-15/h3-4,6-7,10,13H,5,8-9H2,1-2H3,(H,18,23)(H,20,22)/t13-/m1/s1. The summed E-state index contributed by atoms with van der Waals surface area (Å²) in [6, 6.07) is 7.25. The highest BCUT2D eigenvalue weighted by molar-refractivity contribution is 7.89. The number of carbonyl (C=O) groups excluding carboxylic acids is 1. The molecule has 1 aliphatic carbocycles. The Hall–Kier alpha value is -2.52. The number of aryl methyl sites for hydroxylation is 1. The number of fused-ring (bicyclic) bond motifs is 1. The SMILES string of the molecule is CN(C)S(=O)(=O)c1ccc(C(=O)N[C@@H]2CCc3n[nH]c(=O)cc3C2)cc1. The zero-order valence-electron chi connectivity index (χ0n) is 14.5. The predicted octanol–water partition coefficient (Wildman–Crippen LogP) is 0.308. The van der Waals surface area contributed by atoms with E-state index in [1.807, 2.05) is 0 Å². The van der Waals surface area contributed by atoms with Crippen LogP contribution in [0.2, 0.25) is 0 Å². The average Bonchev–Trinajstić information content (AvgIpc) is 2.61. The number of aromatic nitrogens is 2. The third-order valence-corrected chi connectivity index (χ3v) is 6.23. The van der Waals surface area contributed by atoms with Crippen molar-refractivity contribution < 1.29 is 13.2 Å². The highest BCUT2D eigenvalue weighted by Crippen LogP contribution is 2.19. The van der Waals surface area contributed by atoms with Gasteiger partial charge in [0.2, 0.25) is 10.0 Å². The molecule has 1 atom stereocenters. The number of benzene rings is 1. The molecule has 1 aliphatic rings. The van der Waals surface area contributed by atoms with Crippen LogP contribution in [-0.2, 0) is 22.9 Å². The number of nitrogens with zero attached hydrogens (tertiary/aromatic N) is 2. The Morgan fingerprint density at radius 2 is 1.96 bits per heavy atom. The molecule has 2 aromatic rings. The van der Waals surface area contributed by atoms with Gasteiger partial charge in [-0.25, -0.2) is 17.8 Å². The molecule has 26 heavy (non-hydrogen) atoms. The molecule has 0 bridgehead atoms. The monoisotopic (exact) mass is 376 g/mol. The second-order valence-corrected chi connectivity index (χ2v) is 8.58. The van der Waals surface area contributed by atoms with E-state index in [1.165, 1.54) is 44.4 Å². The van der Waals surface area contributed by atoms with Crippen molar-refractivity contribution in [3.63, 3.8) is 0 Å². The molecular weight excluding hydrogens is 356 g/mol. The van der Waals surface area contributed by atoms with Gasteiger partial charge in [-0.15, -0.1) is 0 Å². The van der Waals surface area contributed by atoms with Gasteiger partial charge in [0.1, 0.15) is 0 Å². The predicted molar refractivity (Wildman–Crippen MR) is 95.5 cm³/mol. The van der Waals surface area contributed by atoms with E-state index in [-0.39, 0.29) is 22.4 Å². The van der Waals surface area contributed by atoms with Crippen molar-refractivity contribution in [3.8, 4) is 0 Å². The Morgan fingerprint density at radius 1 is 1.27 bits per heavy atom. The molecule has 1 aromatic heterocycles. The summed E-state index contributed by atoms with van der Waals surface area (Å²) in [4.78, 5) is 24.0. The van der Waals surface area contributed by atoms with Gasteiger partial charge < -0.3 is 5.32 Å². The van der Waals surface area contributed by atoms with Crippen molar-refractivity contribution in [1.29, 1.82) is 0 Å². The molecular formula is C17H20N4O4S. The fraction of sp³-hybridized carbons (Fsp3) is 0.353. The minimum Gasteiger partial charge on any atom is -0.349 e. The van der Waals surface area contributed by atoms with E-state index in [0.717, 1.165) is 22.0 Å². The summed E-state index contributed by atoms with van der Waals surface area (Å²) in [7, 11) is -0.612. The van der Waals surface area contributed by atoms with E-state index in [4.69, 9.17) is 0 Å². The molecule has 0 fully saturated rings. The van der Waals surface area contributed by atoms with Gasteiger partial charge in [-0.1, -0.05) is 0 Å². The third kappa shape index (κ3) is 3.68. The van der Waals surface area contributed by atoms with Gasteiger partial charge >= 0.3 is 0 Å². The molecule has 3 rings (SSSR count). The molecule has 0 spiro atoms. The molecule has 9 heteroatoms. The first-order chi connectivity index (χ1) is 12.3. The minimum absolute atomic E-state index is 0.0937. The highest BCUT2D eigenvalue weighted by atomic mass is 32.2. The summed E-state index contributed by atoms with van der Waals surface area (Å²) in [6.07, 6.45) is 1.95. The van der Waals surface area contributed by atoms with Crippen LogP contribution in [0.15, 0.2) is 40.0 Å². The first-order valence-electron chi connectivity index (χ1n) is 8.18. The van der Waals surface area contributed by atoms with E-state index >= 15 is 0 Å². The number of amides is 1. The van der Waals surface area contributed by atoms with E-state index in [1.54, 1.807) is 0 Å². The second kappa shape index (κ2) is 7.00. The van der Waals surface area contributed by atoms with Crippen LogP contribution in [0.5, 0.6) is 0 Å². The summed E-state index contributed by atoms with van der Waals surface area (Å²) in [5.74, 6) is -0.273. The largest absolute Gasteiger partial charge is 0.349 e. The van der Waals surface area contributed by atoms with E-state index in [9.17, 15) is 18.0 Å². The van der Waals surface area contributed by atoms with Crippen LogP contribution in [0.25, 0.3) is 0 Å². The maximum absolute atomic E-state index is 12.4. The van der Waals surface area contributed by atoms with Crippen molar-refractivity contribution in [2.24, 2.45) is 0 Å². The summed E-state index contributed by atoms with van der Waals surface area (Å²) < 4.78 is 25.3. The molecule has 1 aromatic carbocycles. The minimum atomic E-state index is -3.52. The van der Waals surface area contributed by atoms with Crippen LogP contribution in [0, 0.1) is 0 Å². The van der Waals surface area contributed by atoms with Gasteiger partial charge in [-0.3, -0.25) is 9.59 Å². The molecule has 138 valence electrons. The highest BCUT2D eigenvalue weighted by Gasteiger charge is 2.23. The lowest BCUT2D eigenvalue weighted by Crippen LogP contribution is -2.39. The molecule has 0 aliphatic heterocycles. The fourth-order valence-corrected chi connectivity index (χ4v) is 3.82. The lowest BCUT2D eigenvalue weighted by Gasteiger charge is -2.24. The van der Waals surface area contributed by atoms with Crippen LogP contribution in [0.3, 0.4) is 0 Å². The smallest absolute Gasteiger partial charge is 0.264 e. The van der Waals surface area contributed by atoms with Crippen LogP contribution in [0.4, 0.5) is 0 Å². The number of sulfonamides is 1. The summed E-state index contributed by atoms with van der Waals surface area (Å²) >= 11 is 0. The Balaban J connectivity index is 1.70. The number of rotatable bonds is 4. The Labute approximate surface area is 151 Å². The second-order valence-electron chi connectivity index (χ2n) is 6.43. The lowest BCUT2D eigenvalue weighted by atomic mass is 9.92. The van der Waals surface area contributed by atoms with Gasteiger partial charge in [0.25, 0.3) is 11.5 Å². The van der Waals surface area contributed by atoms with Crippen LogP contribution in [-0.4, -0.2) is 49.0 Å². The van der Waals surface area contributed by atoms with Crippen LogP contribution < -0.4 is 10.9 Å². The Bertz CT molecular complexity index is 981. The quantitative estimate of drug-likeness (QED) is 0.797. The van der Waals surface area contributed by atoms with Crippen LogP contribution in [0.1, 0.15) is 28.0 Å². The van der Waals surface area contributed by atoms with Gasteiger partial charge in [-0.05, 0) is 49.1 Å². The average molecular weight is 376 g/mol. The summed E-state index contributed by atoms with van der Waals surface area (Å²) in [5, 5.41) is 9.38. The van der Waals surface area contributed by atoms with E-state index in [0.29, 0.717) is 18.4 Å². The molecule has 2 N–H and O–H groups in total. The zero-order chi connectivity index (χ0) is 18.9. The number of nitrogens with one attached hydrogen (secondary N) is 2. The lowest BCUT2D eigenvalue weighted by molar-refractivity contribution is 0.0933. The fourth-order valence-electron chi connectivity index (χ4n) is 2.92. The number of H-pyrrole nitrogens is 1. The molecule has 0 saturated heterocycles. The summed E-state index contributed by atoms with van der Waals surface area (Å²) in [5.41, 5.74) is 1.83. The zero-order valence-corrected chi connectivity index (χ0v) is 15.3. The van der Waals surface area contributed by atoms with Crippen molar-refractivity contribution in [2.45, 2.75) is 30.2 Å². The number of hydrogen-bond donors (Lipinski definition) is 2. The number of aromatic amines is 1. The van der Waals surface area contributed by atoms with Crippen molar-refractivity contribution in [2.75, 3.05) is 14.1 Å². The van der Waals surface area contributed by atoms with Gasteiger partial charge in [-0.2, -0.15) is 5.10 Å². The summed E-state index contributed by atoms with van der Waals surface area (Å²) in [6.45, 7) is 0. The number of hydrogen-bond acceptors (Lipinski definition) is 5.